The Balaban J connectivity index is 1.96. The largest absolute Gasteiger partial charge is 0.461 e. The number of amides is 1. The second kappa shape index (κ2) is 30.5. The SMILES string of the molecule is CON=C1CC(C)O[C@@H](O[C@@H]2[C@@H](C)[C@H](O[C@H]3CC(C)N(C)C[C@H](C)O3)C(C)C(=O)O[C@H](C(C)CCCC3O[C@H](C)[C@@H](OC(C)=O)[C@@H](O)[C@H]3OC)[C@H](C)[C@@H](OC(=O)CC(C)C)[C@@H](C)C(=O)[C@@](C)(OC(=O)N(C)C)C[C@@H]2C)[C@@H]1OC(C)=O. The van der Waals surface area contributed by atoms with Crippen LogP contribution in [0.2, 0.25) is 0 Å². The number of hydrogen-bond donors (Lipinski definition) is 1. The molecule has 4 fully saturated rings. The van der Waals surface area contributed by atoms with Gasteiger partial charge in [-0.3, -0.25) is 24.0 Å². The van der Waals surface area contributed by atoms with Crippen molar-refractivity contribution >= 4 is 41.5 Å². The van der Waals surface area contributed by atoms with Crippen molar-refractivity contribution in [2.75, 3.05) is 41.9 Å². The molecule has 5 unspecified atom stereocenters. The summed E-state index contributed by atoms with van der Waals surface area (Å²) >= 11 is 0. The number of rotatable bonds is 17. The Morgan fingerprint density at radius 3 is 2.05 bits per heavy atom. The lowest BCUT2D eigenvalue weighted by molar-refractivity contribution is -0.267. The predicted octanol–water partition coefficient (Wildman–Crippen LogP) is 6.66. The van der Waals surface area contributed by atoms with Crippen molar-refractivity contribution in [1.29, 1.82) is 0 Å². The zero-order valence-electron chi connectivity index (χ0n) is 51.5. The quantitative estimate of drug-likeness (QED) is 0.0907. The van der Waals surface area contributed by atoms with Crippen LogP contribution in [0.1, 0.15) is 149 Å². The number of Topliss-reactive ketones (excluding diaryl/α,β-unsaturated/α-hetero) is 1. The predicted molar refractivity (Wildman–Crippen MR) is 293 cm³/mol. The highest BCUT2D eigenvalue weighted by molar-refractivity contribution is 5.92. The van der Waals surface area contributed by atoms with Crippen LogP contribution in [0.5, 0.6) is 0 Å². The molecule has 0 saturated carbocycles. The van der Waals surface area contributed by atoms with Crippen LogP contribution in [-0.4, -0.2) is 196 Å². The van der Waals surface area contributed by atoms with E-state index < -0.39 is 157 Å². The van der Waals surface area contributed by atoms with Crippen LogP contribution >= 0.6 is 0 Å². The second-order valence-corrected chi connectivity index (χ2v) is 24.3. The lowest BCUT2D eigenvalue weighted by Gasteiger charge is -2.45. The van der Waals surface area contributed by atoms with Crippen molar-refractivity contribution in [2.45, 2.75) is 246 Å². The fourth-order valence-corrected chi connectivity index (χ4v) is 12.1. The van der Waals surface area contributed by atoms with E-state index in [1.807, 2.05) is 55.5 Å². The number of ketones is 1. The van der Waals surface area contributed by atoms with E-state index in [2.05, 4.69) is 17.0 Å². The van der Waals surface area contributed by atoms with Crippen molar-refractivity contribution in [3.8, 4) is 0 Å². The summed E-state index contributed by atoms with van der Waals surface area (Å²) in [5.41, 5.74) is -1.57. The maximum Gasteiger partial charge on any atom is 0.410 e. The zero-order valence-corrected chi connectivity index (χ0v) is 51.5. The molecule has 4 aliphatic heterocycles. The Kier molecular flexibility index (Phi) is 26.1. The molecule has 0 spiro atoms. The zero-order chi connectivity index (χ0) is 60.2. The molecule has 0 bridgehead atoms. The molecule has 0 aliphatic carbocycles. The van der Waals surface area contributed by atoms with E-state index in [-0.39, 0.29) is 37.3 Å². The topological polar surface area (TPSA) is 252 Å². The summed E-state index contributed by atoms with van der Waals surface area (Å²) in [6.45, 7) is 26.7. The van der Waals surface area contributed by atoms with Gasteiger partial charge in [-0.15, -0.1) is 0 Å². The fraction of sp³-hybridized carbons (Fsp3) is 0.879. The third-order valence-corrected chi connectivity index (χ3v) is 16.3. The average Bonchev–Trinajstić information content (AvgIpc) is 3.48. The molecule has 0 aromatic carbocycles. The third kappa shape index (κ3) is 18.2. The molecule has 4 heterocycles. The highest BCUT2D eigenvalue weighted by Crippen LogP contribution is 2.41. The van der Waals surface area contributed by atoms with Crippen molar-refractivity contribution < 1.29 is 90.8 Å². The lowest BCUT2D eigenvalue weighted by atomic mass is 9.73. The van der Waals surface area contributed by atoms with Gasteiger partial charge in [0.05, 0.1) is 48.5 Å². The number of aliphatic hydroxyl groups is 1. The summed E-state index contributed by atoms with van der Waals surface area (Å²) in [4.78, 5) is 92.4. The van der Waals surface area contributed by atoms with Crippen LogP contribution in [0.3, 0.4) is 0 Å². The molecule has 460 valence electrons. The van der Waals surface area contributed by atoms with Gasteiger partial charge in [0.2, 0.25) is 6.29 Å². The molecule has 80 heavy (non-hydrogen) atoms. The maximum absolute atomic E-state index is 15.7. The standard InChI is InChI=1S/C58H99N3O19/c1-29(2)24-44(64)76-49-35(8)47(30(3)22-21-23-43-53(69-19)46(65)51(39(12)73-43)74-40(13)62)78-55(67)38(11)50(77-45-25-32(5)61(18)28-34(7)71-45)36(9)48(31(4)27-58(15,54(66)37(49)10)80-57(68)60(16)17)79-56-52(75-41(14)63)42(59-70-20)26-33(6)72-56/h29-39,43,45-53,56,65H,21-28H2,1-20H3/t30?,31-,32?,33?,34-,35-,36+,37+,38?,39+,43?,45-,46+,47+,48-,49+,50-,51+,52+,53-,56-,58-/m0/s1. The summed E-state index contributed by atoms with van der Waals surface area (Å²) in [6, 6.07) is 0.00793. The Morgan fingerprint density at radius 1 is 0.812 bits per heavy atom. The van der Waals surface area contributed by atoms with Crippen molar-refractivity contribution in [2.24, 2.45) is 46.6 Å². The van der Waals surface area contributed by atoms with Crippen molar-refractivity contribution in [3.63, 3.8) is 0 Å². The lowest BCUT2D eigenvalue weighted by Crippen LogP contribution is -2.58. The van der Waals surface area contributed by atoms with Crippen LogP contribution in [0.15, 0.2) is 5.16 Å². The van der Waals surface area contributed by atoms with Gasteiger partial charge in [-0.25, -0.2) is 4.79 Å². The average molecular weight is 1140 g/mol. The van der Waals surface area contributed by atoms with Crippen LogP contribution < -0.4 is 0 Å². The van der Waals surface area contributed by atoms with Crippen molar-refractivity contribution in [1.82, 2.24) is 9.80 Å². The fourth-order valence-electron chi connectivity index (χ4n) is 12.1. The van der Waals surface area contributed by atoms with E-state index in [1.54, 1.807) is 34.6 Å². The number of carbonyl (C=O) groups is 6. The minimum atomic E-state index is -1.92. The molecule has 22 heteroatoms. The highest BCUT2D eigenvalue weighted by atomic mass is 16.7. The van der Waals surface area contributed by atoms with Gasteiger partial charge < -0.3 is 71.8 Å². The normalized spacial score (nSPS) is 39.0. The minimum absolute atomic E-state index is 0.00793. The molecule has 0 radical (unpaired) electrons. The number of ether oxygens (including phenoxy) is 11. The monoisotopic (exact) mass is 1140 g/mol. The summed E-state index contributed by atoms with van der Waals surface area (Å²) < 4.78 is 70.0. The summed E-state index contributed by atoms with van der Waals surface area (Å²) in [6.07, 6.45) is -11.5. The Hall–Kier alpha value is -4.03. The first-order valence-electron chi connectivity index (χ1n) is 28.8. The molecular formula is C58H99N3O19. The number of oxime groups is 1. The van der Waals surface area contributed by atoms with E-state index in [4.69, 9.17) is 56.9 Å². The number of hydrogen-bond acceptors (Lipinski definition) is 21. The van der Waals surface area contributed by atoms with Gasteiger partial charge in [0.1, 0.15) is 37.2 Å². The molecule has 1 amide bonds. The van der Waals surface area contributed by atoms with E-state index >= 15 is 9.59 Å². The summed E-state index contributed by atoms with van der Waals surface area (Å²) in [7, 11) is 7.85. The smallest absolute Gasteiger partial charge is 0.410 e. The first-order chi connectivity index (χ1) is 37.3. The first kappa shape index (κ1) is 68.5. The molecule has 4 aliphatic rings. The van der Waals surface area contributed by atoms with Gasteiger partial charge in [0.15, 0.2) is 29.9 Å². The van der Waals surface area contributed by atoms with E-state index in [9.17, 15) is 24.3 Å². The van der Waals surface area contributed by atoms with Gasteiger partial charge in [0.25, 0.3) is 0 Å². The molecule has 22 nitrogen and oxygen atoms in total. The number of aliphatic hydroxyl groups excluding tert-OH is 1. The number of esters is 4. The Bertz CT molecular complexity index is 2080. The molecule has 22 atom stereocenters. The van der Waals surface area contributed by atoms with E-state index in [0.29, 0.717) is 37.9 Å². The third-order valence-electron chi connectivity index (χ3n) is 16.3. The molecule has 0 aromatic heterocycles. The van der Waals surface area contributed by atoms with Gasteiger partial charge in [-0.1, -0.05) is 60.0 Å². The van der Waals surface area contributed by atoms with Gasteiger partial charge in [-0.05, 0) is 85.6 Å². The number of nitrogens with zero attached hydrogens (tertiary/aromatic N) is 3. The highest BCUT2D eigenvalue weighted by Gasteiger charge is 2.53. The minimum Gasteiger partial charge on any atom is -0.461 e. The summed E-state index contributed by atoms with van der Waals surface area (Å²) in [5.74, 6) is -8.12. The number of methoxy groups -OCH3 is 1. The molecule has 0 aromatic rings. The maximum atomic E-state index is 15.7. The van der Waals surface area contributed by atoms with Gasteiger partial charge in [0, 0.05) is 78.7 Å². The molecular weight excluding hydrogens is 1040 g/mol. The van der Waals surface area contributed by atoms with E-state index in [1.165, 1.54) is 47.1 Å². The molecule has 1 N–H and O–H groups in total. The van der Waals surface area contributed by atoms with Crippen LogP contribution in [0.4, 0.5) is 4.79 Å². The number of cyclic esters (lactones) is 1. The van der Waals surface area contributed by atoms with E-state index in [0.717, 1.165) is 0 Å². The van der Waals surface area contributed by atoms with Crippen LogP contribution in [0, 0.1) is 41.4 Å². The van der Waals surface area contributed by atoms with Crippen LogP contribution in [0.25, 0.3) is 0 Å². The Morgan fingerprint density at radius 2 is 1.46 bits per heavy atom. The van der Waals surface area contributed by atoms with Crippen molar-refractivity contribution in [3.05, 3.63) is 0 Å². The second-order valence-electron chi connectivity index (χ2n) is 24.3. The first-order valence-corrected chi connectivity index (χ1v) is 28.8. The Labute approximate surface area is 475 Å². The van der Waals surface area contributed by atoms with Gasteiger partial charge >= 0.3 is 30.0 Å². The number of likely N-dealkylation sites (N-methyl/N-ethyl adjacent to an activating group) is 1. The molecule has 4 saturated heterocycles. The number of carbonyl (C=O) groups excluding carboxylic acids is 6. The van der Waals surface area contributed by atoms with Crippen LogP contribution in [-0.2, 0) is 80.9 Å². The summed E-state index contributed by atoms with van der Waals surface area (Å²) in [5, 5.41) is 15.5. The van der Waals surface area contributed by atoms with Gasteiger partial charge in [-0.2, -0.15) is 0 Å². The molecule has 4 rings (SSSR count).